The molecular weight excluding hydrogens is 404 g/mol. The van der Waals surface area contributed by atoms with Gasteiger partial charge in [0.15, 0.2) is 0 Å². The lowest BCUT2D eigenvalue weighted by molar-refractivity contribution is 0.247. The molecule has 1 aliphatic heterocycles. The molecule has 31 heavy (non-hydrogen) atoms. The summed E-state index contributed by atoms with van der Waals surface area (Å²) in [6, 6.07) is 9.94. The van der Waals surface area contributed by atoms with Crippen molar-refractivity contribution in [3.63, 3.8) is 0 Å². The molecule has 164 valence electrons. The summed E-state index contributed by atoms with van der Waals surface area (Å²) in [4.78, 5) is 16.9. The lowest BCUT2D eigenvalue weighted by Gasteiger charge is -2.27. The van der Waals surface area contributed by atoms with Crippen molar-refractivity contribution in [3.8, 4) is 5.00 Å². The summed E-state index contributed by atoms with van der Waals surface area (Å²) >= 11 is 1.87. The second-order valence-electron chi connectivity index (χ2n) is 8.24. The molecule has 6 heteroatoms. The average molecular weight is 437 g/mol. The number of carbonyl (C=O) groups excluding carboxylic acids is 1. The van der Waals surface area contributed by atoms with Crippen molar-refractivity contribution in [2.75, 3.05) is 18.4 Å². The van der Waals surface area contributed by atoms with E-state index >= 15 is 0 Å². The number of fused-ring (bicyclic) bond motifs is 1. The number of aromatic nitrogens is 1. The number of urea groups is 1. The Hall–Kier alpha value is -2.57. The fourth-order valence-corrected chi connectivity index (χ4v) is 5.76. The van der Waals surface area contributed by atoms with E-state index in [9.17, 15) is 4.79 Å². The molecular formula is C25H32N4OS. The lowest BCUT2D eigenvalue weighted by Crippen LogP contribution is -2.34. The van der Waals surface area contributed by atoms with Gasteiger partial charge in [-0.15, -0.1) is 11.3 Å². The van der Waals surface area contributed by atoms with E-state index in [2.05, 4.69) is 71.5 Å². The van der Waals surface area contributed by atoms with E-state index in [-0.39, 0.29) is 12.1 Å². The summed E-state index contributed by atoms with van der Waals surface area (Å²) < 4.78 is 2.20. The summed E-state index contributed by atoms with van der Waals surface area (Å²) in [5.41, 5.74) is 5.85. The summed E-state index contributed by atoms with van der Waals surface area (Å²) in [6.45, 7) is 11.6. The molecule has 1 aliphatic rings. The number of benzene rings is 1. The quantitative estimate of drug-likeness (QED) is 0.512. The van der Waals surface area contributed by atoms with Crippen molar-refractivity contribution < 1.29 is 4.79 Å². The van der Waals surface area contributed by atoms with Crippen LogP contribution in [0.3, 0.4) is 0 Å². The monoisotopic (exact) mass is 436 g/mol. The van der Waals surface area contributed by atoms with Gasteiger partial charge in [-0.25, -0.2) is 4.79 Å². The van der Waals surface area contributed by atoms with Crippen LogP contribution in [0.25, 0.3) is 5.00 Å². The molecule has 5 nitrogen and oxygen atoms in total. The van der Waals surface area contributed by atoms with Crippen LogP contribution in [0.2, 0.25) is 0 Å². The molecule has 3 heterocycles. The first-order valence-corrected chi connectivity index (χ1v) is 12.0. The maximum atomic E-state index is 13.0. The Kier molecular flexibility index (Phi) is 6.49. The van der Waals surface area contributed by atoms with Crippen molar-refractivity contribution in [2.45, 2.75) is 53.1 Å². The Labute approximate surface area is 189 Å². The molecule has 1 aromatic carbocycles. The van der Waals surface area contributed by atoms with Gasteiger partial charge in [0, 0.05) is 41.6 Å². The van der Waals surface area contributed by atoms with Gasteiger partial charge in [0.2, 0.25) is 0 Å². The van der Waals surface area contributed by atoms with Crippen molar-refractivity contribution >= 4 is 23.1 Å². The highest BCUT2D eigenvalue weighted by molar-refractivity contribution is 7.15. The van der Waals surface area contributed by atoms with Gasteiger partial charge in [-0.05, 0) is 68.1 Å². The number of amides is 2. The lowest BCUT2D eigenvalue weighted by atomic mass is 9.96. The minimum absolute atomic E-state index is 0.0318. The zero-order valence-electron chi connectivity index (χ0n) is 18.9. The number of hydrogen-bond acceptors (Lipinski definition) is 3. The van der Waals surface area contributed by atoms with Crippen LogP contribution in [0.5, 0.6) is 0 Å². The van der Waals surface area contributed by atoms with E-state index < -0.39 is 0 Å². The normalized spacial score (nSPS) is 14.8. The predicted molar refractivity (Wildman–Crippen MR) is 129 cm³/mol. The number of nitrogens with zero attached hydrogens (tertiary/aromatic N) is 2. The maximum absolute atomic E-state index is 13.0. The van der Waals surface area contributed by atoms with Gasteiger partial charge in [-0.1, -0.05) is 26.0 Å². The number of anilines is 1. The van der Waals surface area contributed by atoms with E-state index in [4.69, 9.17) is 0 Å². The van der Waals surface area contributed by atoms with Crippen molar-refractivity contribution in [3.05, 3.63) is 69.9 Å². The predicted octanol–water partition coefficient (Wildman–Crippen LogP) is 5.81. The minimum atomic E-state index is -0.148. The molecule has 0 saturated carbocycles. The number of nitrogens with one attached hydrogen (secondary N) is 2. The van der Waals surface area contributed by atoms with Crippen molar-refractivity contribution in [2.24, 2.45) is 0 Å². The van der Waals surface area contributed by atoms with Crippen molar-refractivity contribution in [1.82, 2.24) is 14.8 Å². The van der Waals surface area contributed by atoms with Gasteiger partial charge in [0.1, 0.15) is 5.00 Å². The third-order valence-corrected chi connectivity index (χ3v) is 7.60. The Morgan fingerprint density at radius 2 is 1.94 bits per heavy atom. The number of likely N-dealkylation sites (N-methyl/N-ethyl adjacent to an activating group) is 1. The summed E-state index contributed by atoms with van der Waals surface area (Å²) in [6.07, 6.45) is 6.07. The van der Waals surface area contributed by atoms with E-state index in [1.165, 1.54) is 26.6 Å². The summed E-state index contributed by atoms with van der Waals surface area (Å²) in [7, 11) is 0. The van der Waals surface area contributed by atoms with E-state index in [0.717, 1.165) is 43.7 Å². The van der Waals surface area contributed by atoms with Crippen molar-refractivity contribution in [1.29, 1.82) is 0 Å². The van der Waals surface area contributed by atoms with Gasteiger partial charge >= 0.3 is 6.03 Å². The first kappa shape index (κ1) is 21.7. The SMILES string of the molecule is CC[C@@H](NC(=O)Nc1cccc(C)c1C)c1c(-n2cccc2)sc2c1CCN(CC)C2. The number of hydrogen-bond donors (Lipinski definition) is 2. The molecule has 0 aliphatic carbocycles. The zero-order valence-corrected chi connectivity index (χ0v) is 19.7. The smallest absolute Gasteiger partial charge is 0.319 e. The molecule has 0 unspecified atom stereocenters. The van der Waals surface area contributed by atoms with Gasteiger partial charge in [-0.2, -0.15) is 0 Å². The fourth-order valence-electron chi connectivity index (χ4n) is 4.34. The maximum Gasteiger partial charge on any atom is 0.319 e. The molecule has 2 N–H and O–H groups in total. The van der Waals surface area contributed by atoms with Gasteiger partial charge in [0.25, 0.3) is 0 Å². The largest absolute Gasteiger partial charge is 0.331 e. The third-order valence-electron chi connectivity index (χ3n) is 6.36. The topological polar surface area (TPSA) is 49.3 Å². The second-order valence-corrected chi connectivity index (χ2v) is 9.32. The van der Waals surface area contributed by atoms with E-state index in [1.54, 1.807) is 0 Å². The molecule has 3 aromatic rings. The van der Waals surface area contributed by atoms with Gasteiger partial charge < -0.3 is 15.2 Å². The fraction of sp³-hybridized carbons (Fsp3) is 0.400. The van der Waals surface area contributed by atoms with Gasteiger partial charge in [0.05, 0.1) is 6.04 Å². The van der Waals surface area contributed by atoms with E-state index in [0.29, 0.717) is 0 Å². The zero-order chi connectivity index (χ0) is 22.0. The highest BCUT2D eigenvalue weighted by atomic mass is 32.1. The van der Waals surface area contributed by atoms with Crippen LogP contribution in [0, 0.1) is 13.8 Å². The molecule has 0 radical (unpaired) electrons. The number of aryl methyl sites for hydroxylation is 1. The number of carbonyl (C=O) groups is 1. The standard InChI is InChI=1S/C25H32N4OS/c1-5-20(26-25(30)27-21-11-9-10-17(3)18(21)4)23-19-12-15-28(6-2)16-22(19)31-24(23)29-13-7-8-14-29/h7-11,13-14,20H,5-6,12,15-16H2,1-4H3,(H2,26,27,30)/t20-/m1/s1. The summed E-state index contributed by atoms with van der Waals surface area (Å²) in [5.74, 6) is 0. The first-order valence-electron chi connectivity index (χ1n) is 11.2. The molecule has 4 rings (SSSR count). The highest BCUT2D eigenvalue weighted by Crippen LogP contribution is 2.40. The summed E-state index contributed by atoms with van der Waals surface area (Å²) in [5, 5.41) is 7.57. The van der Waals surface area contributed by atoms with Crippen LogP contribution in [0.15, 0.2) is 42.7 Å². The minimum Gasteiger partial charge on any atom is -0.331 e. The molecule has 2 aromatic heterocycles. The molecule has 0 saturated heterocycles. The van der Waals surface area contributed by atoms with Crippen LogP contribution in [-0.2, 0) is 13.0 Å². The first-order chi connectivity index (χ1) is 15.0. The highest BCUT2D eigenvalue weighted by Gasteiger charge is 2.29. The Bertz CT molecular complexity index is 1050. The number of thiophene rings is 1. The van der Waals surface area contributed by atoms with Gasteiger partial charge in [-0.3, -0.25) is 4.90 Å². The average Bonchev–Trinajstić information content (AvgIpc) is 3.42. The Morgan fingerprint density at radius 3 is 2.65 bits per heavy atom. The number of rotatable bonds is 6. The molecule has 0 bridgehead atoms. The van der Waals surface area contributed by atoms with Crippen LogP contribution in [-0.4, -0.2) is 28.6 Å². The van der Waals surface area contributed by atoms with E-state index in [1.807, 2.05) is 30.4 Å². The third kappa shape index (κ3) is 4.41. The van der Waals surface area contributed by atoms with Crippen LogP contribution in [0.4, 0.5) is 10.5 Å². The molecule has 0 spiro atoms. The van der Waals surface area contributed by atoms with Crippen LogP contribution in [0.1, 0.15) is 53.4 Å². The Balaban J connectivity index is 1.64. The Morgan fingerprint density at radius 1 is 1.16 bits per heavy atom. The molecule has 0 fully saturated rings. The molecule has 1 atom stereocenters. The second kappa shape index (κ2) is 9.28. The molecule has 2 amide bonds. The van der Waals surface area contributed by atoms with Crippen LogP contribution < -0.4 is 10.6 Å². The van der Waals surface area contributed by atoms with Crippen LogP contribution >= 0.6 is 11.3 Å².